The summed E-state index contributed by atoms with van der Waals surface area (Å²) in [6.45, 7) is 4.69. The van der Waals surface area contributed by atoms with Crippen LogP contribution in [0.4, 0.5) is 0 Å². The number of likely N-dealkylation sites (tertiary alicyclic amines) is 1. The fourth-order valence-electron chi connectivity index (χ4n) is 4.47. The molecule has 0 N–H and O–H groups in total. The number of Topliss-reactive ketones (excluding diaryl/α,β-unsaturated/α-hetero) is 1. The van der Waals surface area contributed by atoms with Gasteiger partial charge in [-0.1, -0.05) is 64.8 Å². The van der Waals surface area contributed by atoms with E-state index in [1.807, 2.05) is 30.3 Å². The van der Waals surface area contributed by atoms with Gasteiger partial charge in [0.15, 0.2) is 5.78 Å². The molecule has 7 heteroatoms. The number of benzene rings is 2. The molecule has 2 heterocycles. The number of aryl methyl sites for hydroxylation is 1. The van der Waals surface area contributed by atoms with Gasteiger partial charge in [0.05, 0.1) is 21.0 Å². The van der Waals surface area contributed by atoms with Gasteiger partial charge in [-0.3, -0.25) is 9.59 Å². The Balaban J connectivity index is 1.52. The molecule has 0 atom stereocenters. The van der Waals surface area contributed by atoms with Crippen LogP contribution in [-0.2, 0) is 10.2 Å². The summed E-state index contributed by atoms with van der Waals surface area (Å²) in [5.74, 6) is 0.329. The summed E-state index contributed by atoms with van der Waals surface area (Å²) >= 11 is 12.6. The molecule has 0 unspecified atom stereocenters. The van der Waals surface area contributed by atoms with E-state index < -0.39 is 5.41 Å². The average molecular weight is 483 g/mol. The van der Waals surface area contributed by atoms with E-state index in [9.17, 15) is 9.59 Å². The monoisotopic (exact) mass is 482 g/mol. The second kappa shape index (κ2) is 9.54. The van der Waals surface area contributed by atoms with Crippen LogP contribution in [0.5, 0.6) is 0 Å². The van der Waals surface area contributed by atoms with Crippen LogP contribution < -0.4 is 0 Å². The minimum Gasteiger partial charge on any atom is -0.377 e. The third-order valence-corrected chi connectivity index (χ3v) is 7.03. The first-order chi connectivity index (χ1) is 15.8. The highest BCUT2D eigenvalue weighted by molar-refractivity contribution is 6.39. The lowest BCUT2D eigenvalue weighted by Crippen LogP contribution is -2.44. The summed E-state index contributed by atoms with van der Waals surface area (Å²) in [6, 6.07) is 15.0. The quantitative estimate of drug-likeness (QED) is 0.305. The van der Waals surface area contributed by atoms with Crippen LogP contribution in [-0.4, -0.2) is 34.7 Å². The first kappa shape index (κ1) is 23.3. The summed E-state index contributed by atoms with van der Waals surface area (Å²) in [5, 5.41) is 4.84. The van der Waals surface area contributed by atoms with Gasteiger partial charge in [-0.15, -0.1) is 0 Å². The number of nitrogens with zero attached hydrogens (tertiary/aromatic N) is 2. The van der Waals surface area contributed by atoms with Gasteiger partial charge >= 0.3 is 0 Å². The topological polar surface area (TPSA) is 63.4 Å². The van der Waals surface area contributed by atoms with Crippen LogP contribution in [0.25, 0.3) is 11.3 Å². The van der Waals surface area contributed by atoms with Crippen LogP contribution in [0.1, 0.15) is 41.4 Å². The standard InChI is InChI=1S/C26H24Cl2N2O3/c1-17-23(25(29-33-17)24-20(27)9-6-10-21(24)28)22(32)11-14-30-15-12-26(13-16-30,18(2)31)19-7-4-3-5-8-19/h3-11,14H,12-13,15-16H2,1-2H3. The van der Waals surface area contributed by atoms with Crippen molar-refractivity contribution in [1.82, 2.24) is 10.1 Å². The maximum Gasteiger partial charge on any atom is 0.193 e. The molecule has 5 nitrogen and oxygen atoms in total. The van der Waals surface area contributed by atoms with Crippen molar-refractivity contribution in [3.8, 4) is 11.3 Å². The van der Waals surface area contributed by atoms with Crippen molar-refractivity contribution in [3.05, 3.63) is 87.7 Å². The maximum atomic E-state index is 13.1. The van der Waals surface area contributed by atoms with Crippen molar-refractivity contribution >= 4 is 34.8 Å². The van der Waals surface area contributed by atoms with Crippen LogP contribution in [0.15, 0.2) is 65.3 Å². The molecule has 0 spiro atoms. The molecule has 0 radical (unpaired) electrons. The zero-order valence-corrected chi connectivity index (χ0v) is 20.0. The number of ketones is 2. The Morgan fingerprint density at radius 2 is 1.67 bits per heavy atom. The van der Waals surface area contributed by atoms with E-state index in [1.54, 1.807) is 38.2 Å². The molecule has 0 saturated carbocycles. The molecule has 170 valence electrons. The summed E-state index contributed by atoms with van der Waals surface area (Å²) in [4.78, 5) is 27.7. The number of carbonyl (C=O) groups is 2. The first-order valence-electron chi connectivity index (χ1n) is 10.8. The number of halogens is 2. The van der Waals surface area contributed by atoms with Crippen molar-refractivity contribution in [2.24, 2.45) is 0 Å². The summed E-state index contributed by atoms with van der Waals surface area (Å²) < 4.78 is 5.30. The second-order valence-corrected chi connectivity index (χ2v) is 9.09. The molecule has 1 saturated heterocycles. The predicted molar refractivity (Wildman–Crippen MR) is 130 cm³/mol. The summed E-state index contributed by atoms with van der Waals surface area (Å²) in [7, 11) is 0. The third-order valence-electron chi connectivity index (χ3n) is 6.40. The van der Waals surface area contributed by atoms with Gasteiger partial charge in [-0.2, -0.15) is 0 Å². The first-order valence-corrected chi connectivity index (χ1v) is 11.5. The van der Waals surface area contributed by atoms with E-state index in [-0.39, 0.29) is 11.6 Å². The van der Waals surface area contributed by atoms with E-state index in [1.165, 1.54) is 6.08 Å². The lowest BCUT2D eigenvalue weighted by Gasteiger charge is -2.40. The fourth-order valence-corrected chi connectivity index (χ4v) is 5.05. The van der Waals surface area contributed by atoms with Gasteiger partial charge in [0.1, 0.15) is 17.2 Å². The van der Waals surface area contributed by atoms with Gasteiger partial charge < -0.3 is 9.42 Å². The number of rotatable bonds is 6. The minimum atomic E-state index is -0.478. The number of carbonyl (C=O) groups excluding carboxylic acids is 2. The Bertz CT molecular complexity index is 1190. The van der Waals surface area contributed by atoms with Crippen LogP contribution in [0, 0.1) is 6.92 Å². The zero-order chi connectivity index (χ0) is 23.6. The van der Waals surface area contributed by atoms with Crippen LogP contribution >= 0.6 is 23.2 Å². The number of hydrogen-bond acceptors (Lipinski definition) is 5. The molecule has 0 amide bonds. The van der Waals surface area contributed by atoms with Gasteiger partial charge in [0, 0.05) is 30.9 Å². The van der Waals surface area contributed by atoms with Gasteiger partial charge in [0.2, 0.25) is 0 Å². The van der Waals surface area contributed by atoms with E-state index >= 15 is 0 Å². The Morgan fingerprint density at radius 3 is 2.27 bits per heavy atom. The smallest absolute Gasteiger partial charge is 0.193 e. The van der Waals surface area contributed by atoms with E-state index in [4.69, 9.17) is 27.7 Å². The van der Waals surface area contributed by atoms with Crippen molar-refractivity contribution < 1.29 is 14.1 Å². The number of hydrogen-bond donors (Lipinski definition) is 0. The Hall–Kier alpha value is -2.89. The highest BCUT2D eigenvalue weighted by atomic mass is 35.5. The molecule has 1 aromatic heterocycles. The lowest BCUT2D eigenvalue weighted by atomic mass is 9.70. The molecule has 1 aliphatic heterocycles. The number of allylic oxidation sites excluding steroid dienone is 1. The highest BCUT2D eigenvalue weighted by Crippen LogP contribution is 2.38. The van der Waals surface area contributed by atoms with Gasteiger partial charge in [0.25, 0.3) is 0 Å². The van der Waals surface area contributed by atoms with Crippen LogP contribution in [0.2, 0.25) is 10.0 Å². The Morgan fingerprint density at radius 1 is 1.03 bits per heavy atom. The minimum absolute atomic E-state index is 0.176. The molecule has 33 heavy (non-hydrogen) atoms. The van der Waals surface area contributed by atoms with Gasteiger partial charge in [-0.05, 0) is 44.4 Å². The summed E-state index contributed by atoms with van der Waals surface area (Å²) in [5.41, 5.74) is 1.71. The number of aromatic nitrogens is 1. The zero-order valence-electron chi connectivity index (χ0n) is 18.5. The fraction of sp³-hybridized carbons (Fsp3) is 0.269. The second-order valence-electron chi connectivity index (χ2n) is 8.28. The Kier molecular flexibility index (Phi) is 6.73. The van der Waals surface area contributed by atoms with E-state index in [0.717, 1.165) is 5.56 Å². The summed E-state index contributed by atoms with van der Waals surface area (Å²) in [6.07, 6.45) is 4.67. The molecule has 2 aromatic carbocycles. The molecule has 1 fully saturated rings. The predicted octanol–water partition coefficient (Wildman–Crippen LogP) is 6.28. The normalized spacial score (nSPS) is 15.7. The average Bonchev–Trinajstić information content (AvgIpc) is 3.19. The van der Waals surface area contributed by atoms with E-state index in [2.05, 4.69) is 10.1 Å². The molecule has 4 rings (SSSR count). The van der Waals surface area contributed by atoms with Crippen molar-refractivity contribution in [1.29, 1.82) is 0 Å². The molecule has 3 aromatic rings. The highest BCUT2D eigenvalue weighted by Gasteiger charge is 2.39. The number of piperidine rings is 1. The SMILES string of the molecule is CC(=O)C1(c2ccccc2)CCN(C=CC(=O)c2c(-c3c(Cl)cccc3Cl)noc2C)CC1. The maximum absolute atomic E-state index is 13.1. The van der Waals surface area contributed by atoms with Crippen molar-refractivity contribution in [2.45, 2.75) is 32.1 Å². The third kappa shape index (κ3) is 4.48. The lowest BCUT2D eigenvalue weighted by molar-refractivity contribution is -0.124. The molecular formula is C26H24Cl2N2O3. The molecular weight excluding hydrogens is 459 g/mol. The molecule has 0 bridgehead atoms. The van der Waals surface area contributed by atoms with E-state index in [0.29, 0.717) is 58.6 Å². The van der Waals surface area contributed by atoms with Crippen molar-refractivity contribution in [3.63, 3.8) is 0 Å². The van der Waals surface area contributed by atoms with Crippen molar-refractivity contribution in [2.75, 3.05) is 13.1 Å². The largest absolute Gasteiger partial charge is 0.377 e. The van der Waals surface area contributed by atoms with Crippen LogP contribution in [0.3, 0.4) is 0 Å². The van der Waals surface area contributed by atoms with Gasteiger partial charge in [-0.25, -0.2) is 0 Å². The Labute approximate surface area is 203 Å². The molecule has 1 aliphatic rings. The molecule has 0 aliphatic carbocycles.